The summed E-state index contributed by atoms with van der Waals surface area (Å²) in [7, 11) is 7.17. The van der Waals surface area contributed by atoms with Crippen LogP contribution in [0.1, 0.15) is 0 Å². The maximum atomic E-state index is 13.6. The van der Waals surface area contributed by atoms with Gasteiger partial charge in [0.15, 0.2) is 5.41 Å². The zero-order chi connectivity index (χ0) is 30.4. The van der Waals surface area contributed by atoms with Gasteiger partial charge in [-0.05, 0) is 0 Å². The molecule has 3 rings (SSSR count). The number of hydrogen-bond donors (Lipinski definition) is 0. The van der Waals surface area contributed by atoms with Gasteiger partial charge in [-0.1, -0.05) is 0 Å². The molecule has 0 N–H and O–H groups in total. The SMILES string of the molecule is COC(=O)C1=C(C(=O)OC)C1(C(=O)OC)C1=C(C(=O)OC)[C@@]2(C(=O)OC)O[C@@]1(OC)C(C(=O)OC)=C2C(=O)OC. The lowest BCUT2D eigenvalue weighted by Gasteiger charge is -2.34. The summed E-state index contributed by atoms with van der Waals surface area (Å²) in [5.74, 6) is -12.4. The molecule has 0 amide bonds. The molecule has 16 nitrogen and oxygen atoms in total. The van der Waals surface area contributed by atoms with Crippen molar-refractivity contribution in [2.24, 2.45) is 5.41 Å². The molecule has 0 saturated heterocycles. The Kier molecular flexibility index (Phi) is 7.64. The number of hydrogen-bond acceptors (Lipinski definition) is 16. The summed E-state index contributed by atoms with van der Waals surface area (Å²) in [6.45, 7) is 0. The van der Waals surface area contributed by atoms with Crippen molar-refractivity contribution < 1.29 is 76.2 Å². The van der Waals surface area contributed by atoms with E-state index in [-0.39, 0.29) is 0 Å². The Morgan fingerprint density at radius 1 is 0.475 bits per heavy atom. The van der Waals surface area contributed by atoms with Gasteiger partial charge in [0.2, 0.25) is 11.4 Å². The van der Waals surface area contributed by atoms with Gasteiger partial charge in [0.25, 0.3) is 0 Å². The van der Waals surface area contributed by atoms with E-state index >= 15 is 0 Å². The minimum Gasteiger partial charge on any atom is -0.468 e. The van der Waals surface area contributed by atoms with Crippen LogP contribution in [0.5, 0.6) is 0 Å². The van der Waals surface area contributed by atoms with Gasteiger partial charge in [-0.2, -0.15) is 0 Å². The predicted octanol–water partition coefficient (Wildman–Crippen LogP) is -1.79. The number of fused-ring (bicyclic) bond motifs is 2. The van der Waals surface area contributed by atoms with E-state index in [0.717, 1.165) is 56.9 Å². The second-order valence-electron chi connectivity index (χ2n) is 8.05. The Labute approximate surface area is 225 Å². The highest BCUT2D eigenvalue weighted by Crippen LogP contribution is 2.71. The van der Waals surface area contributed by atoms with E-state index in [4.69, 9.17) is 42.6 Å². The Morgan fingerprint density at radius 2 is 0.850 bits per heavy atom. The highest BCUT2D eigenvalue weighted by Gasteiger charge is 2.84. The van der Waals surface area contributed by atoms with Gasteiger partial charge in [0.1, 0.15) is 11.1 Å². The zero-order valence-electron chi connectivity index (χ0n) is 22.5. The average molecular weight is 568 g/mol. The molecule has 0 fully saturated rings. The Balaban J connectivity index is 2.69. The van der Waals surface area contributed by atoms with Crippen LogP contribution in [0.4, 0.5) is 0 Å². The molecule has 0 radical (unpaired) electrons. The maximum absolute atomic E-state index is 13.6. The number of ether oxygens (including phenoxy) is 9. The number of carbonyl (C=O) groups excluding carboxylic acids is 7. The molecule has 0 unspecified atom stereocenters. The first-order valence-electron chi connectivity index (χ1n) is 11.0. The standard InChI is InChI=1S/C24H24O16/c1-32-15(25)9-10(16(26)33-2)22(9,20(30)37-6)14-13(19(29)36-5)23(21(31)38-7)11(17(27)34-3)12(18(28)35-4)24(14,39-8)40-23/h1-8H3/t23-,24-/m0/s1. The third-order valence-corrected chi connectivity index (χ3v) is 6.67. The van der Waals surface area contributed by atoms with E-state index in [1.165, 1.54) is 0 Å². The van der Waals surface area contributed by atoms with Gasteiger partial charge < -0.3 is 42.6 Å². The summed E-state index contributed by atoms with van der Waals surface area (Å²) in [4.78, 5) is 92.7. The fourth-order valence-corrected chi connectivity index (χ4v) is 5.16. The second-order valence-corrected chi connectivity index (χ2v) is 8.05. The van der Waals surface area contributed by atoms with Crippen molar-refractivity contribution in [2.45, 2.75) is 11.4 Å². The lowest BCUT2D eigenvalue weighted by molar-refractivity contribution is -0.204. The topological polar surface area (TPSA) is 203 Å². The van der Waals surface area contributed by atoms with Crippen LogP contribution in [0.15, 0.2) is 33.4 Å². The van der Waals surface area contributed by atoms with Crippen molar-refractivity contribution in [3.63, 3.8) is 0 Å². The molecule has 216 valence electrons. The Hall–Kier alpha value is -4.57. The quantitative estimate of drug-likeness (QED) is 0.223. The van der Waals surface area contributed by atoms with Gasteiger partial charge in [0, 0.05) is 12.7 Å². The number of carbonyl (C=O) groups is 7. The largest absolute Gasteiger partial charge is 0.468 e. The van der Waals surface area contributed by atoms with Crippen molar-refractivity contribution in [3.05, 3.63) is 33.4 Å². The van der Waals surface area contributed by atoms with Crippen LogP contribution in [0.25, 0.3) is 0 Å². The smallest absolute Gasteiger partial charge is 0.348 e. The van der Waals surface area contributed by atoms with Crippen molar-refractivity contribution >= 4 is 41.8 Å². The Bertz CT molecular complexity index is 1320. The third kappa shape index (κ3) is 3.35. The van der Waals surface area contributed by atoms with E-state index < -0.39 is 92.0 Å². The molecule has 2 atom stereocenters. The number of methoxy groups -OCH3 is 8. The first-order valence-corrected chi connectivity index (χ1v) is 11.0. The van der Waals surface area contributed by atoms with Crippen LogP contribution in [0.3, 0.4) is 0 Å². The third-order valence-electron chi connectivity index (χ3n) is 6.67. The van der Waals surface area contributed by atoms with E-state index in [2.05, 4.69) is 0 Å². The number of esters is 7. The normalized spacial score (nSPS) is 23.8. The Morgan fingerprint density at radius 3 is 1.23 bits per heavy atom. The van der Waals surface area contributed by atoms with Gasteiger partial charge >= 0.3 is 41.8 Å². The molecule has 40 heavy (non-hydrogen) atoms. The van der Waals surface area contributed by atoms with E-state index in [1.807, 2.05) is 0 Å². The van der Waals surface area contributed by atoms with Gasteiger partial charge in [-0.15, -0.1) is 0 Å². The fourth-order valence-electron chi connectivity index (χ4n) is 5.16. The molecule has 0 saturated carbocycles. The van der Waals surface area contributed by atoms with E-state index in [9.17, 15) is 33.6 Å². The fraction of sp³-hybridized carbons (Fsp3) is 0.458. The van der Waals surface area contributed by atoms with Crippen LogP contribution in [0.2, 0.25) is 0 Å². The molecule has 2 aliphatic heterocycles. The monoisotopic (exact) mass is 568 g/mol. The summed E-state index contributed by atoms with van der Waals surface area (Å²) < 4.78 is 45.1. The second kappa shape index (κ2) is 10.2. The summed E-state index contributed by atoms with van der Waals surface area (Å²) in [6.07, 6.45) is 0. The first-order chi connectivity index (χ1) is 18.9. The lowest BCUT2D eigenvalue weighted by atomic mass is 9.68. The molecule has 0 aromatic rings. The summed E-state index contributed by atoms with van der Waals surface area (Å²) in [6, 6.07) is 0. The average Bonchev–Trinajstić information content (AvgIpc) is 3.44. The summed E-state index contributed by atoms with van der Waals surface area (Å²) in [5.41, 5.74) is -10.7. The maximum Gasteiger partial charge on any atom is 0.348 e. The predicted molar refractivity (Wildman–Crippen MR) is 121 cm³/mol. The molecule has 1 aliphatic carbocycles. The summed E-state index contributed by atoms with van der Waals surface area (Å²) >= 11 is 0. The molecular formula is C24H24O16. The van der Waals surface area contributed by atoms with Crippen molar-refractivity contribution in [3.8, 4) is 0 Å². The lowest BCUT2D eigenvalue weighted by Crippen LogP contribution is -2.49. The van der Waals surface area contributed by atoms with Gasteiger partial charge in [-0.25, -0.2) is 28.8 Å². The molecule has 16 heteroatoms. The highest BCUT2D eigenvalue weighted by atomic mass is 16.7. The van der Waals surface area contributed by atoms with Gasteiger partial charge in [0.05, 0.1) is 66.5 Å². The number of rotatable bonds is 9. The van der Waals surface area contributed by atoms with Crippen molar-refractivity contribution in [1.82, 2.24) is 0 Å². The minimum absolute atomic E-state index is 0.707. The molecule has 0 spiro atoms. The zero-order valence-corrected chi connectivity index (χ0v) is 22.5. The van der Waals surface area contributed by atoms with Crippen LogP contribution < -0.4 is 0 Å². The molecule has 2 heterocycles. The van der Waals surface area contributed by atoms with Crippen LogP contribution in [0, 0.1) is 5.41 Å². The van der Waals surface area contributed by atoms with Crippen LogP contribution in [-0.4, -0.2) is 110 Å². The van der Waals surface area contributed by atoms with Crippen LogP contribution >= 0.6 is 0 Å². The van der Waals surface area contributed by atoms with Crippen molar-refractivity contribution in [2.75, 3.05) is 56.9 Å². The molecule has 2 bridgehead atoms. The summed E-state index contributed by atoms with van der Waals surface area (Å²) in [5, 5.41) is 0. The van der Waals surface area contributed by atoms with Crippen LogP contribution in [-0.2, 0) is 76.2 Å². The van der Waals surface area contributed by atoms with Crippen molar-refractivity contribution in [1.29, 1.82) is 0 Å². The highest BCUT2D eigenvalue weighted by molar-refractivity contribution is 6.25. The molecule has 0 aromatic carbocycles. The van der Waals surface area contributed by atoms with E-state index in [1.54, 1.807) is 0 Å². The molecular weight excluding hydrogens is 544 g/mol. The minimum atomic E-state index is -3.00. The molecule has 0 aromatic heterocycles. The van der Waals surface area contributed by atoms with E-state index in [0.29, 0.717) is 0 Å². The van der Waals surface area contributed by atoms with Gasteiger partial charge in [-0.3, -0.25) is 4.79 Å². The molecule has 3 aliphatic rings. The first kappa shape index (κ1) is 30.0.